The van der Waals surface area contributed by atoms with Gasteiger partial charge < -0.3 is 10.2 Å². The molecule has 1 unspecified atom stereocenters. The SMILES string of the molecule is CC(N)c1cnc(-c2cc3ccccc3o2)s1. The van der Waals surface area contributed by atoms with Crippen LogP contribution in [0.2, 0.25) is 0 Å². The number of fused-ring (bicyclic) bond motifs is 1. The lowest BCUT2D eigenvalue weighted by atomic mass is 10.2. The predicted octanol–water partition coefficient (Wildman–Crippen LogP) is 3.58. The van der Waals surface area contributed by atoms with E-state index < -0.39 is 0 Å². The Morgan fingerprint density at radius 3 is 2.88 bits per heavy atom. The number of nitrogens with two attached hydrogens (primary N) is 1. The molecule has 0 radical (unpaired) electrons. The number of hydrogen-bond acceptors (Lipinski definition) is 4. The molecule has 3 rings (SSSR count). The van der Waals surface area contributed by atoms with Crippen LogP contribution < -0.4 is 5.73 Å². The highest BCUT2D eigenvalue weighted by Crippen LogP contribution is 2.31. The van der Waals surface area contributed by atoms with Crippen molar-refractivity contribution in [3.8, 4) is 10.8 Å². The summed E-state index contributed by atoms with van der Waals surface area (Å²) in [5.41, 5.74) is 6.71. The first kappa shape index (κ1) is 10.5. The van der Waals surface area contributed by atoms with Crippen molar-refractivity contribution in [1.29, 1.82) is 0 Å². The third-order valence-corrected chi connectivity index (χ3v) is 3.82. The number of thiazole rings is 1. The van der Waals surface area contributed by atoms with Crippen molar-refractivity contribution >= 4 is 22.3 Å². The predicted molar refractivity (Wildman–Crippen MR) is 69.9 cm³/mol. The van der Waals surface area contributed by atoms with Gasteiger partial charge in [-0.3, -0.25) is 0 Å². The van der Waals surface area contributed by atoms with Gasteiger partial charge in [0.05, 0.1) is 0 Å². The van der Waals surface area contributed by atoms with Gasteiger partial charge in [0, 0.05) is 22.5 Å². The second-order valence-corrected chi connectivity index (χ2v) is 5.07. The Balaban J connectivity index is 2.07. The zero-order valence-electron chi connectivity index (χ0n) is 9.38. The summed E-state index contributed by atoms with van der Waals surface area (Å²) >= 11 is 1.58. The lowest BCUT2D eigenvalue weighted by Gasteiger charge is -1.96. The second-order valence-electron chi connectivity index (χ2n) is 4.00. The van der Waals surface area contributed by atoms with Crippen molar-refractivity contribution in [3.05, 3.63) is 41.4 Å². The Bertz CT molecular complexity index is 621. The first-order valence-electron chi connectivity index (χ1n) is 5.44. The largest absolute Gasteiger partial charge is 0.454 e. The van der Waals surface area contributed by atoms with E-state index in [0.29, 0.717) is 0 Å². The molecule has 17 heavy (non-hydrogen) atoms. The number of rotatable bonds is 2. The normalized spacial score (nSPS) is 13.1. The van der Waals surface area contributed by atoms with Crippen LogP contribution in [0.4, 0.5) is 0 Å². The maximum atomic E-state index is 5.82. The van der Waals surface area contributed by atoms with Gasteiger partial charge in [0.2, 0.25) is 0 Å². The van der Waals surface area contributed by atoms with Gasteiger partial charge >= 0.3 is 0 Å². The lowest BCUT2D eigenvalue weighted by Crippen LogP contribution is -2.01. The summed E-state index contributed by atoms with van der Waals surface area (Å²) < 4.78 is 5.75. The van der Waals surface area contributed by atoms with E-state index >= 15 is 0 Å². The molecule has 2 N–H and O–H groups in total. The summed E-state index contributed by atoms with van der Waals surface area (Å²) in [6.07, 6.45) is 1.82. The minimum Gasteiger partial charge on any atom is -0.454 e. The van der Waals surface area contributed by atoms with Crippen molar-refractivity contribution in [1.82, 2.24) is 4.98 Å². The van der Waals surface area contributed by atoms with Crippen molar-refractivity contribution in [2.45, 2.75) is 13.0 Å². The van der Waals surface area contributed by atoms with E-state index in [4.69, 9.17) is 10.2 Å². The van der Waals surface area contributed by atoms with Crippen LogP contribution >= 0.6 is 11.3 Å². The van der Waals surface area contributed by atoms with Crippen molar-refractivity contribution in [3.63, 3.8) is 0 Å². The third-order valence-electron chi connectivity index (χ3n) is 2.61. The monoisotopic (exact) mass is 244 g/mol. The Morgan fingerprint density at radius 2 is 2.18 bits per heavy atom. The number of benzene rings is 1. The molecule has 0 bridgehead atoms. The summed E-state index contributed by atoms with van der Waals surface area (Å²) in [6.45, 7) is 1.95. The van der Waals surface area contributed by atoms with E-state index in [0.717, 1.165) is 26.6 Å². The molecule has 0 saturated heterocycles. The van der Waals surface area contributed by atoms with Gasteiger partial charge in [0.1, 0.15) is 5.58 Å². The average Bonchev–Trinajstić information content (AvgIpc) is 2.95. The van der Waals surface area contributed by atoms with E-state index in [2.05, 4.69) is 4.98 Å². The summed E-state index contributed by atoms with van der Waals surface area (Å²) in [4.78, 5) is 5.42. The van der Waals surface area contributed by atoms with Gasteiger partial charge in [0.25, 0.3) is 0 Å². The van der Waals surface area contributed by atoms with Crippen LogP contribution in [0.1, 0.15) is 17.8 Å². The Kier molecular flexibility index (Phi) is 2.46. The van der Waals surface area contributed by atoms with Crippen LogP contribution in [0.3, 0.4) is 0 Å². The highest BCUT2D eigenvalue weighted by atomic mass is 32.1. The zero-order chi connectivity index (χ0) is 11.8. The molecule has 3 nitrogen and oxygen atoms in total. The van der Waals surface area contributed by atoms with Crippen LogP contribution in [-0.2, 0) is 0 Å². The molecule has 0 fully saturated rings. The number of nitrogens with zero attached hydrogens (tertiary/aromatic N) is 1. The zero-order valence-corrected chi connectivity index (χ0v) is 10.2. The molecule has 2 heterocycles. The van der Waals surface area contributed by atoms with Crippen LogP contribution in [0.5, 0.6) is 0 Å². The molecular formula is C13H12N2OS. The maximum Gasteiger partial charge on any atom is 0.164 e. The topological polar surface area (TPSA) is 52.0 Å². The summed E-state index contributed by atoms with van der Waals surface area (Å²) in [5.74, 6) is 0.808. The molecular weight excluding hydrogens is 232 g/mol. The molecule has 0 aliphatic carbocycles. The molecule has 1 atom stereocenters. The molecule has 0 saturated carbocycles. The Labute approximate surface area is 103 Å². The van der Waals surface area contributed by atoms with Gasteiger partial charge in [0.15, 0.2) is 10.8 Å². The van der Waals surface area contributed by atoms with Crippen LogP contribution in [0.25, 0.3) is 21.7 Å². The van der Waals surface area contributed by atoms with Crippen LogP contribution in [0.15, 0.2) is 40.9 Å². The molecule has 1 aromatic carbocycles. The van der Waals surface area contributed by atoms with Gasteiger partial charge in [-0.1, -0.05) is 18.2 Å². The Hall–Kier alpha value is -1.65. The first-order valence-corrected chi connectivity index (χ1v) is 6.26. The fraction of sp³-hybridized carbons (Fsp3) is 0.154. The number of hydrogen-bond donors (Lipinski definition) is 1. The smallest absolute Gasteiger partial charge is 0.164 e. The highest BCUT2D eigenvalue weighted by Gasteiger charge is 2.11. The molecule has 0 aliphatic heterocycles. The summed E-state index contributed by atoms with van der Waals surface area (Å²) in [6, 6.07) is 9.98. The van der Waals surface area contributed by atoms with Gasteiger partial charge in [-0.05, 0) is 19.1 Å². The van der Waals surface area contributed by atoms with Crippen molar-refractivity contribution in [2.75, 3.05) is 0 Å². The highest BCUT2D eigenvalue weighted by molar-refractivity contribution is 7.15. The molecule has 0 aliphatic rings. The fourth-order valence-electron chi connectivity index (χ4n) is 1.70. The fourth-order valence-corrected chi connectivity index (χ4v) is 2.52. The quantitative estimate of drug-likeness (QED) is 0.749. The summed E-state index contributed by atoms with van der Waals surface area (Å²) in [7, 11) is 0. The first-order chi connectivity index (χ1) is 8.24. The van der Waals surface area contributed by atoms with Crippen LogP contribution in [0, 0.1) is 0 Å². The number of aromatic nitrogens is 1. The van der Waals surface area contributed by atoms with Crippen molar-refractivity contribution in [2.24, 2.45) is 5.73 Å². The maximum absolute atomic E-state index is 5.82. The van der Waals surface area contributed by atoms with Gasteiger partial charge in [-0.15, -0.1) is 11.3 Å². The summed E-state index contributed by atoms with van der Waals surface area (Å²) in [5, 5.41) is 1.98. The van der Waals surface area contributed by atoms with Crippen molar-refractivity contribution < 1.29 is 4.42 Å². The standard InChI is InChI=1S/C13H12N2OS/c1-8(14)12-7-15-13(17-12)11-6-9-4-2-3-5-10(9)16-11/h2-8H,14H2,1H3. The van der Waals surface area contributed by atoms with Gasteiger partial charge in [-0.25, -0.2) is 4.98 Å². The van der Waals surface area contributed by atoms with E-state index in [-0.39, 0.29) is 6.04 Å². The number of para-hydroxylation sites is 1. The minimum absolute atomic E-state index is 0.0191. The van der Waals surface area contributed by atoms with E-state index in [1.807, 2.05) is 43.5 Å². The second kappa shape index (κ2) is 3.98. The molecule has 86 valence electrons. The molecule has 2 aromatic heterocycles. The van der Waals surface area contributed by atoms with Crippen LogP contribution in [-0.4, -0.2) is 4.98 Å². The Morgan fingerprint density at radius 1 is 1.35 bits per heavy atom. The van der Waals surface area contributed by atoms with E-state index in [9.17, 15) is 0 Å². The van der Waals surface area contributed by atoms with E-state index in [1.54, 1.807) is 11.3 Å². The lowest BCUT2D eigenvalue weighted by molar-refractivity contribution is 0.631. The third kappa shape index (κ3) is 1.85. The van der Waals surface area contributed by atoms with Gasteiger partial charge in [-0.2, -0.15) is 0 Å². The van der Waals surface area contributed by atoms with E-state index in [1.165, 1.54) is 0 Å². The number of furan rings is 1. The molecule has 4 heteroatoms. The minimum atomic E-state index is 0.0191. The molecule has 0 amide bonds. The average molecular weight is 244 g/mol. The molecule has 3 aromatic rings. The molecule has 0 spiro atoms.